The van der Waals surface area contributed by atoms with Gasteiger partial charge < -0.3 is 0 Å². The summed E-state index contributed by atoms with van der Waals surface area (Å²) in [7, 11) is 0. The summed E-state index contributed by atoms with van der Waals surface area (Å²) >= 11 is 0. The van der Waals surface area contributed by atoms with Gasteiger partial charge in [0.15, 0.2) is 5.78 Å². The Labute approximate surface area is 101 Å². The summed E-state index contributed by atoms with van der Waals surface area (Å²) < 4.78 is 0. The van der Waals surface area contributed by atoms with E-state index >= 15 is 0 Å². The summed E-state index contributed by atoms with van der Waals surface area (Å²) in [6.07, 6.45) is 6.97. The van der Waals surface area contributed by atoms with Gasteiger partial charge in [-0.25, -0.2) is 0 Å². The van der Waals surface area contributed by atoms with Crippen molar-refractivity contribution in [3.8, 4) is 0 Å². The molecule has 0 amide bonds. The minimum absolute atomic E-state index is 0.213. The lowest BCUT2D eigenvalue weighted by atomic mass is 9.69. The quantitative estimate of drug-likeness (QED) is 0.662. The molecule has 0 bridgehead atoms. The fourth-order valence-corrected chi connectivity index (χ4v) is 2.17. The Morgan fingerprint density at radius 1 is 1.38 bits per heavy atom. The van der Waals surface area contributed by atoms with Crippen molar-refractivity contribution in [3.63, 3.8) is 0 Å². The van der Waals surface area contributed by atoms with Crippen molar-refractivity contribution in [1.29, 1.82) is 0 Å². The Balaban J connectivity index is 0.00000106. The van der Waals surface area contributed by atoms with Crippen molar-refractivity contribution < 1.29 is 4.79 Å². The molecule has 0 aromatic heterocycles. The maximum atomic E-state index is 11.6. The number of carbonyl (C=O) groups is 1. The molecule has 0 saturated carbocycles. The molecule has 0 spiro atoms. The van der Waals surface area contributed by atoms with Gasteiger partial charge in [0.05, 0.1) is 0 Å². The minimum Gasteiger partial charge on any atom is -0.295 e. The normalized spacial score (nSPS) is 25.8. The van der Waals surface area contributed by atoms with Gasteiger partial charge in [-0.3, -0.25) is 4.79 Å². The van der Waals surface area contributed by atoms with E-state index < -0.39 is 0 Å². The third kappa shape index (κ3) is 3.07. The summed E-state index contributed by atoms with van der Waals surface area (Å²) in [6.45, 7) is 12.4. The average molecular weight is 222 g/mol. The van der Waals surface area contributed by atoms with Crippen LogP contribution in [0.2, 0.25) is 0 Å². The lowest BCUT2D eigenvalue weighted by Gasteiger charge is -2.34. The van der Waals surface area contributed by atoms with Crippen LogP contribution in [0.1, 0.15) is 60.8 Å². The molecule has 0 aliphatic heterocycles. The number of hydrogen-bond donors (Lipinski definition) is 0. The SMILES string of the molecule is C/C=C/C1=C(C)C(=O)CCC1(C)CC.CC. The molecule has 0 aromatic rings. The first-order chi connectivity index (χ1) is 7.55. The first-order valence-corrected chi connectivity index (χ1v) is 6.42. The molecule has 0 fully saturated rings. The third-order valence-electron chi connectivity index (χ3n) is 3.49. The second-order valence-electron chi connectivity index (χ2n) is 4.38. The Morgan fingerprint density at radius 3 is 2.38 bits per heavy atom. The van der Waals surface area contributed by atoms with Crippen molar-refractivity contribution in [2.75, 3.05) is 0 Å². The van der Waals surface area contributed by atoms with E-state index in [9.17, 15) is 4.79 Å². The molecule has 16 heavy (non-hydrogen) atoms. The van der Waals surface area contributed by atoms with E-state index in [4.69, 9.17) is 0 Å². The fraction of sp³-hybridized carbons (Fsp3) is 0.667. The topological polar surface area (TPSA) is 17.1 Å². The smallest absolute Gasteiger partial charge is 0.158 e. The van der Waals surface area contributed by atoms with Crippen LogP contribution in [0.5, 0.6) is 0 Å². The number of rotatable bonds is 2. The van der Waals surface area contributed by atoms with Crippen LogP contribution < -0.4 is 0 Å². The highest BCUT2D eigenvalue weighted by atomic mass is 16.1. The molecule has 0 aromatic carbocycles. The fourth-order valence-electron chi connectivity index (χ4n) is 2.17. The van der Waals surface area contributed by atoms with Gasteiger partial charge in [0.2, 0.25) is 0 Å². The van der Waals surface area contributed by atoms with Crippen LogP contribution in [0, 0.1) is 5.41 Å². The first kappa shape index (κ1) is 15.2. The average Bonchev–Trinajstić information content (AvgIpc) is 2.32. The zero-order valence-corrected chi connectivity index (χ0v) is 11.7. The van der Waals surface area contributed by atoms with Crippen LogP contribution in [-0.2, 0) is 4.79 Å². The highest BCUT2D eigenvalue weighted by Crippen LogP contribution is 2.42. The zero-order chi connectivity index (χ0) is 12.8. The molecular weight excluding hydrogens is 196 g/mol. The lowest BCUT2D eigenvalue weighted by Crippen LogP contribution is -2.26. The van der Waals surface area contributed by atoms with Gasteiger partial charge in [-0.15, -0.1) is 0 Å². The van der Waals surface area contributed by atoms with E-state index in [1.54, 1.807) is 0 Å². The molecule has 0 N–H and O–H groups in total. The van der Waals surface area contributed by atoms with Gasteiger partial charge in [0.1, 0.15) is 0 Å². The Bertz CT molecular complexity index is 297. The molecule has 1 atom stereocenters. The second kappa shape index (κ2) is 6.67. The van der Waals surface area contributed by atoms with Crippen molar-refractivity contribution >= 4 is 5.78 Å². The van der Waals surface area contributed by atoms with Gasteiger partial charge in [-0.05, 0) is 43.3 Å². The predicted molar refractivity (Wildman–Crippen MR) is 71.5 cm³/mol. The predicted octanol–water partition coefficient (Wildman–Crippen LogP) is 4.68. The lowest BCUT2D eigenvalue weighted by molar-refractivity contribution is -0.116. The van der Waals surface area contributed by atoms with Crippen molar-refractivity contribution in [2.24, 2.45) is 5.41 Å². The van der Waals surface area contributed by atoms with Crippen molar-refractivity contribution in [3.05, 3.63) is 23.3 Å². The number of allylic oxidation sites excluding steroid dienone is 4. The van der Waals surface area contributed by atoms with E-state index in [1.807, 2.05) is 33.8 Å². The van der Waals surface area contributed by atoms with Gasteiger partial charge in [0, 0.05) is 6.42 Å². The number of ketones is 1. The van der Waals surface area contributed by atoms with Gasteiger partial charge >= 0.3 is 0 Å². The summed E-state index contributed by atoms with van der Waals surface area (Å²) in [5, 5.41) is 0. The molecule has 1 aliphatic rings. The van der Waals surface area contributed by atoms with E-state index in [0.29, 0.717) is 5.78 Å². The molecule has 1 heteroatoms. The van der Waals surface area contributed by atoms with Crippen LogP contribution in [-0.4, -0.2) is 5.78 Å². The van der Waals surface area contributed by atoms with Gasteiger partial charge in [0.25, 0.3) is 0 Å². The molecule has 1 rings (SSSR count). The Hall–Kier alpha value is -0.850. The maximum absolute atomic E-state index is 11.6. The van der Waals surface area contributed by atoms with Gasteiger partial charge in [-0.1, -0.05) is 39.8 Å². The molecule has 1 aliphatic carbocycles. The number of carbonyl (C=O) groups excluding carboxylic acids is 1. The summed E-state index contributed by atoms with van der Waals surface area (Å²) in [5.74, 6) is 0.323. The van der Waals surface area contributed by atoms with Crippen LogP contribution in [0.4, 0.5) is 0 Å². The van der Waals surface area contributed by atoms with E-state index in [-0.39, 0.29) is 5.41 Å². The minimum atomic E-state index is 0.213. The zero-order valence-electron chi connectivity index (χ0n) is 11.7. The summed E-state index contributed by atoms with van der Waals surface area (Å²) in [4.78, 5) is 11.6. The van der Waals surface area contributed by atoms with Crippen LogP contribution in [0.15, 0.2) is 23.3 Å². The Morgan fingerprint density at radius 2 is 1.94 bits per heavy atom. The van der Waals surface area contributed by atoms with Crippen molar-refractivity contribution in [1.82, 2.24) is 0 Å². The largest absolute Gasteiger partial charge is 0.295 e. The molecule has 92 valence electrons. The monoisotopic (exact) mass is 222 g/mol. The first-order valence-electron chi connectivity index (χ1n) is 6.42. The maximum Gasteiger partial charge on any atom is 0.158 e. The van der Waals surface area contributed by atoms with E-state index in [1.165, 1.54) is 5.57 Å². The van der Waals surface area contributed by atoms with Gasteiger partial charge in [-0.2, -0.15) is 0 Å². The van der Waals surface area contributed by atoms with Crippen LogP contribution >= 0.6 is 0 Å². The molecule has 0 radical (unpaired) electrons. The van der Waals surface area contributed by atoms with E-state index in [2.05, 4.69) is 19.9 Å². The molecule has 1 nitrogen and oxygen atoms in total. The second-order valence-corrected chi connectivity index (χ2v) is 4.38. The molecular formula is C15H26O. The van der Waals surface area contributed by atoms with E-state index in [0.717, 1.165) is 24.8 Å². The highest BCUT2D eigenvalue weighted by molar-refractivity contribution is 5.97. The molecule has 1 unspecified atom stereocenters. The Kier molecular flexibility index (Phi) is 6.32. The number of Topliss-reactive ketones (excluding diaryl/α,β-unsaturated/α-hetero) is 1. The van der Waals surface area contributed by atoms with Crippen LogP contribution in [0.25, 0.3) is 0 Å². The van der Waals surface area contributed by atoms with Crippen molar-refractivity contribution in [2.45, 2.75) is 60.8 Å². The molecule has 0 saturated heterocycles. The third-order valence-corrected chi connectivity index (χ3v) is 3.49. The molecule has 0 heterocycles. The summed E-state index contributed by atoms with van der Waals surface area (Å²) in [5.41, 5.74) is 2.43. The standard InChI is InChI=1S/C13H20O.C2H6/c1-5-7-11-10(3)12(14)8-9-13(11,4)6-2;1-2/h5,7H,6,8-9H2,1-4H3;1-2H3/b7-5+;. The van der Waals surface area contributed by atoms with Crippen LogP contribution in [0.3, 0.4) is 0 Å². The highest BCUT2D eigenvalue weighted by Gasteiger charge is 2.33. The number of hydrogen-bond acceptors (Lipinski definition) is 1. The summed E-state index contributed by atoms with van der Waals surface area (Å²) in [6, 6.07) is 0.